The first-order chi connectivity index (χ1) is 9.02. The van der Waals surface area contributed by atoms with Crippen molar-refractivity contribution in [3.8, 4) is 0 Å². The van der Waals surface area contributed by atoms with Gasteiger partial charge in [-0.3, -0.25) is 4.90 Å². The van der Waals surface area contributed by atoms with Gasteiger partial charge in [0, 0.05) is 24.3 Å². The van der Waals surface area contributed by atoms with E-state index in [2.05, 4.69) is 18.7 Å². The SMILES string of the molecule is COC(=O)c1cc(CN2C(C)CCC2C)ccc1N. The third-order valence-corrected chi connectivity index (χ3v) is 4.02. The fourth-order valence-corrected chi connectivity index (χ4v) is 2.76. The molecule has 104 valence electrons. The molecule has 2 rings (SSSR count). The maximum atomic E-state index is 11.6. The van der Waals surface area contributed by atoms with E-state index in [9.17, 15) is 4.79 Å². The van der Waals surface area contributed by atoms with Crippen LogP contribution in [0.25, 0.3) is 0 Å². The molecule has 1 saturated heterocycles. The molecule has 0 bridgehead atoms. The van der Waals surface area contributed by atoms with Gasteiger partial charge < -0.3 is 10.5 Å². The summed E-state index contributed by atoms with van der Waals surface area (Å²) in [6.45, 7) is 5.36. The lowest BCUT2D eigenvalue weighted by molar-refractivity contribution is 0.0601. The van der Waals surface area contributed by atoms with Crippen molar-refractivity contribution in [3.05, 3.63) is 29.3 Å². The van der Waals surface area contributed by atoms with Gasteiger partial charge in [0.1, 0.15) is 0 Å². The highest BCUT2D eigenvalue weighted by atomic mass is 16.5. The Labute approximate surface area is 114 Å². The van der Waals surface area contributed by atoms with Crippen LogP contribution >= 0.6 is 0 Å². The van der Waals surface area contributed by atoms with Crippen molar-refractivity contribution in [2.45, 2.75) is 45.3 Å². The van der Waals surface area contributed by atoms with Gasteiger partial charge in [0.15, 0.2) is 0 Å². The molecule has 1 aromatic carbocycles. The fraction of sp³-hybridized carbons (Fsp3) is 0.533. The Hall–Kier alpha value is -1.55. The lowest BCUT2D eigenvalue weighted by Crippen LogP contribution is -2.32. The number of carbonyl (C=O) groups is 1. The first kappa shape index (κ1) is 13.9. The second-order valence-corrected chi connectivity index (χ2v) is 5.36. The Balaban J connectivity index is 2.19. The summed E-state index contributed by atoms with van der Waals surface area (Å²) in [6, 6.07) is 6.80. The van der Waals surface area contributed by atoms with Crippen LogP contribution in [0.5, 0.6) is 0 Å². The quantitative estimate of drug-likeness (QED) is 0.671. The van der Waals surface area contributed by atoms with Crippen molar-refractivity contribution in [3.63, 3.8) is 0 Å². The zero-order chi connectivity index (χ0) is 14.0. The van der Waals surface area contributed by atoms with Crippen LogP contribution in [-0.4, -0.2) is 30.1 Å². The zero-order valence-corrected chi connectivity index (χ0v) is 11.8. The van der Waals surface area contributed by atoms with Crippen LogP contribution in [0.3, 0.4) is 0 Å². The fourth-order valence-electron chi connectivity index (χ4n) is 2.76. The number of nitrogen functional groups attached to an aromatic ring is 1. The number of anilines is 1. The molecule has 0 aromatic heterocycles. The number of rotatable bonds is 3. The van der Waals surface area contributed by atoms with Crippen LogP contribution < -0.4 is 5.73 Å². The summed E-state index contributed by atoms with van der Waals surface area (Å²) >= 11 is 0. The van der Waals surface area contributed by atoms with Gasteiger partial charge >= 0.3 is 5.97 Å². The molecule has 4 heteroatoms. The predicted octanol–water partition coefficient (Wildman–Crippen LogP) is 2.43. The Morgan fingerprint density at radius 2 is 2.00 bits per heavy atom. The summed E-state index contributed by atoms with van der Waals surface area (Å²) in [7, 11) is 1.37. The van der Waals surface area contributed by atoms with Crippen LogP contribution in [0, 0.1) is 0 Å². The van der Waals surface area contributed by atoms with Crippen molar-refractivity contribution < 1.29 is 9.53 Å². The van der Waals surface area contributed by atoms with Crippen molar-refractivity contribution in [2.24, 2.45) is 0 Å². The Morgan fingerprint density at radius 1 is 1.37 bits per heavy atom. The number of nitrogens with two attached hydrogens (primary N) is 1. The summed E-state index contributed by atoms with van der Waals surface area (Å²) in [6.07, 6.45) is 2.47. The van der Waals surface area contributed by atoms with Gasteiger partial charge in [-0.05, 0) is 44.4 Å². The first-order valence-corrected chi connectivity index (χ1v) is 6.75. The molecule has 1 aromatic rings. The molecule has 1 aliphatic heterocycles. The highest BCUT2D eigenvalue weighted by Gasteiger charge is 2.27. The first-order valence-electron chi connectivity index (χ1n) is 6.75. The maximum absolute atomic E-state index is 11.6. The van der Waals surface area contributed by atoms with Crippen molar-refractivity contribution in [2.75, 3.05) is 12.8 Å². The molecule has 4 nitrogen and oxygen atoms in total. The van der Waals surface area contributed by atoms with Crippen molar-refractivity contribution >= 4 is 11.7 Å². The lowest BCUT2D eigenvalue weighted by atomic mass is 10.1. The molecule has 2 N–H and O–H groups in total. The summed E-state index contributed by atoms with van der Waals surface area (Å²) in [5.74, 6) is -0.373. The third-order valence-electron chi connectivity index (χ3n) is 4.02. The Bertz CT molecular complexity index is 463. The maximum Gasteiger partial charge on any atom is 0.339 e. The minimum Gasteiger partial charge on any atom is -0.465 e. The van der Waals surface area contributed by atoms with E-state index in [1.165, 1.54) is 20.0 Å². The molecule has 0 saturated carbocycles. The molecule has 2 atom stereocenters. The molecule has 0 radical (unpaired) electrons. The molecule has 1 heterocycles. The van der Waals surface area contributed by atoms with E-state index < -0.39 is 0 Å². The molecular weight excluding hydrogens is 240 g/mol. The predicted molar refractivity (Wildman–Crippen MR) is 75.9 cm³/mol. The minimum absolute atomic E-state index is 0.373. The second kappa shape index (κ2) is 5.61. The van der Waals surface area contributed by atoms with E-state index in [1.54, 1.807) is 6.07 Å². The van der Waals surface area contributed by atoms with E-state index in [4.69, 9.17) is 10.5 Å². The highest BCUT2D eigenvalue weighted by Crippen LogP contribution is 2.26. The smallest absolute Gasteiger partial charge is 0.339 e. The number of methoxy groups -OCH3 is 1. The average molecular weight is 262 g/mol. The molecule has 0 amide bonds. The monoisotopic (exact) mass is 262 g/mol. The molecule has 1 aliphatic rings. The summed E-state index contributed by atoms with van der Waals surface area (Å²) < 4.78 is 4.75. The zero-order valence-electron chi connectivity index (χ0n) is 11.8. The summed E-state index contributed by atoms with van der Waals surface area (Å²) in [5, 5.41) is 0. The summed E-state index contributed by atoms with van der Waals surface area (Å²) in [4.78, 5) is 14.1. The Morgan fingerprint density at radius 3 is 2.58 bits per heavy atom. The molecular formula is C15H22N2O2. The standard InChI is InChI=1S/C15H22N2O2/c1-10-4-5-11(2)17(10)9-12-6-7-14(16)13(8-12)15(18)19-3/h6-8,10-11H,4-5,9,16H2,1-3H3. The van der Waals surface area contributed by atoms with Gasteiger partial charge in [-0.25, -0.2) is 4.79 Å². The average Bonchev–Trinajstić information content (AvgIpc) is 2.71. The molecule has 0 spiro atoms. The number of benzene rings is 1. The van der Waals surface area contributed by atoms with Gasteiger partial charge in [-0.15, -0.1) is 0 Å². The molecule has 19 heavy (non-hydrogen) atoms. The normalized spacial score (nSPS) is 23.5. The Kier molecular flexibility index (Phi) is 4.10. The van der Waals surface area contributed by atoms with Crippen molar-refractivity contribution in [1.82, 2.24) is 4.90 Å². The van der Waals surface area contributed by atoms with Gasteiger partial charge in [0.25, 0.3) is 0 Å². The number of esters is 1. The van der Waals surface area contributed by atoms with Crippen LogP contribution in [-0.2, 0) is 11.3 Å². The number of hydrogen-bond donors (Lipinski definition) is 1. The number of ether oxygens (including phenoxy) is 1. The molecule has 1 fully saturated rings. The lowest BCUT2D eigenvalue weighted by Gasteiger charge is -2.26. The number of hydrogen-bond acceptors (Lipinski definition) is 4. The van der Waals surface area contributed by atoms with E-state index >= 15 is 0 Å². The highest BCUT2D eigenvalue weighted by molar-refractivity contribution is 5.95. The van der Waals surface area contributed by atoms with Gasteiger partial charge in [0.05, 0.1) is 12.7 Å². The number of nitrogens with zero attached hydrogens (tertiary/aromatic N) is 1. The number of carbonyl (C=O) groups excluding carboxylic acids is 1. The number of likely N-dealkylation sites (tertiary alicyclic amines) is 1. The van der Waals surface area contributed by atoms with Crippen LogP contribution in [0.15, 0.2) is 18.2 Å². The van der Waals surface area contributed by atoms with Crippen LogP contribution in [0.4, 0.5) is 5.69 Å². The van der Waals surface area contributed by atoms with Gasteiger partial charge in [-0.1, -0.05) is 6.07 Å². The van der Waals surface area contributed by atoms with Crippen LogP contribution in [0.2, 0.25) is 0 Å². The van der Waals surface area contributed by atoms with E-state index in [1.807, 2.05) is 12.1 Å². The topological polar surface area (TPSA) is 55.6 Å². The van der Waals surface area contributed by atoms with Gasteiger partial charge in [0.2, 0.25) is 0 Å². The van der Waals surface area contributed by atoms with Gasteiger partial charge in [-0.2, -0.15) is 0 Å². The van der Waals surface area contributed by atoms with E-state index in [-0.39, 0.29) is 5.97 Å². The molecule has 2 unspecified atom stereocenters. The minimum atomic E-state index is -0.373. The van der Waals surface area contributed by atoms with E-state index in [0.717, 1.165) is 12.1 Å². The van der Waals surface area contributed by atoms with Crippen LogP contribution in [0.1, 0.15) is 42.6 Å². The summed E-state index contributed by atoms with van der Waals surface area (Å²) in [5.41, 5.74) is 7.85. The third kappa shape index (κ3) is 2.89. The van der Waals surface area contributed by atoms with Crippen molar-refractivity contribution in [1.29, 1.82) is 0 Å². The molecule has 0 aliphatic carbocycles. The largest absolute Gasteiger partial charge is 0.465 e. The van der Waals surface area contributed by atoms with E-state index in [0.29, 0.717) is 23.3 Å². The second-order valence-electron chi connectivity index (χ2n) is 5.36.